The van der Waals surface area contributed by atoms with E-state index in [4.69, 9.17) is 20.4 Å². The molecule has 0 aliphatic rings. The molecule has 0 spiro atoms. The van der Waals surface area contributed by atoms with Crippen LogP contribution in [-0.4, -0.2) is 46.4 Å². The van der Waals surface area contributed by atoms with Gasteiger partial charge in [0, 0.05) is 19.1 Å². The molecule has 0 saturated carbocycles. The molecule has 0 radical (unpaired) electrons. The molecule has 2 unspecified atom stereocenters. The fraction of sp³-hybridized carbons (Fsp3) is 1.00. The van der Waals surface area contributed by atoms with Gasteiger partial charge in [0.1, 0.15) is 0 Å². The van der Waals surface area contributed by atoms with Crippen molar-refractivity contribution in [2.75, 3.05) is 19.8 Å². The Kier molecular flexibility index (Phi) is 5.41. The zero-order valence-electron chi connectivity index (χ0n) is 6.64. The maximum Gasteiger partial charge on any atom is 0.0800 e. The Morgan fingerprint density at radius 2 is 1.45 bits per heavy atom. The summed E-state index contributed by atoms with van der Waals surface area (Å²) in [7, 11) is 0. The molecule has 0 saturated heterocycles. The van der Waals surface area contributed by atoms with E-state index in [1.807, 2.05) is 0 Å². The first-order chi connectivity index (χ1) is 5.17. The van der Waals surface area contributed by atoms with E-state index in [9.17, 15) is 0 Å². The Hall–Kier alpha value is -0.160. The fourth-order valence-electron chi connectivity index (χ4n) is 0.871. The predicted octanol–water partition coefficient (Wildman–Crippen LogP) is -1.42. The minimum absolute atomic E-state index is 0.172. The lowest BCUT2D eigenvalue weighted by atomic mass is 9.91. The molecule has 2 atom stereocenters. The second kappa shape index (κ2) is 5.49. The quantitative estimate of drug-likeness (QED) is 0.402. The van der Waals surface area contributed by atoms with Gasteiger partial charge in [-0.05, 0) is 5.92 Å². The number of rotatable bonds is 5. The van der Waals surface area contributed by atoms with Crippen LogP contribution < -0.4 is 0 Å². The van der Waals surface area contributed by atoms with E-state index in [1.54, 1.807) is 6.92 Å². The summed E-state index contributed by atoms with van der Waals surface area (Å²) >= 11 is 0. The number of hydrogen-bond acceptors (Lipinski definition) is 4. The SMILES string of the molecule is CC(C(O)CO)C(CO)CO. The van der Waals surface area contributed by atoms with Crippen molar-refractivity contribution in [3.05, 3.63) is 0 Å². The molecule has 0 rings (SSSR count). The van der Waals surface area contributed by atoms with Crippen LogP contribution in [0.25, 0.3) is 0 Å². The summed E-state index contributed by atoms with van der Waals surface area (Å²) in [6.45, 7) is 0.999. The van der Waals surface area contributed by atoms with Crippen molar-refractivity contribution in [3.8, 4) is 0 Å². The van der Waals surface area contributed by atoms with Gasteiger partial charge >= 0.3 is 0 Å². The zero-order chi connectivity index (χ0) is 8.85. The van der Waals surface area contributed by atoms with E-state index in [1.165, 1.54) is 0 Å². The lowest BCUT2D eigenvalue weighted by molar-refractivity contribution is 0.000627. The summed E-state index contributed by atoms with van der Waals surface area (Å²) in [6.07, 6.45) is -0.862. The Balaban J connectivity index is 3.86. The summed E-state index contributed by atoms with van der Waals surface area (Å²) in [5.74, 6) is -0.632. The first-order valence-electron chi connectivity index (χ1n) is 3.68. The number of aliphatic hydroxyl groups excluding tert-OH is 4. The highest BCUT2D eigenvalue weighted by atomic mass is 16.3. The molecule has 0 aliphatic carbocycles. The minimum atomic E-state index is -0.862. The average molecular weight is 164 g/mol. The van der Waals surface area contributed by atoms with Gasteiger partial charge in [0.2, 0.25) is 0 Å². The highest BCUT2D eigenvalue weighted by Crippen LogP contribution is 2.14. The van der Waals surface area contributed by atoms with Crippen LogP contribution in [0, 0.1) is 11.8 Å². The molecular formula is C7H16O4. The van der Waals surface area contributed by atoms with Gasteiger partial charge in [0.05, 0.1) is 12.7 Å². The van der Waals surface area contributed by atoms with Gasteiger partial charge in [-0.3, -0.25) is 0 Å². The summed E-state index contributed by atoms with van der Waals surface area (Å²) < 4.78 is 0. The van der Waals surface area contributed by atoms with Crippen LogP contribution in [-0.2, 0) is 0 Å². The van der Waals surface area contributed by atoms with Gasteiger partial charge in [-0.1, -0.05) is 6.92 Å². The van der Waals surface area contributed by atoms with E-state index in [0.717, 1.165) is 0 Å². The van der Waals surface area contributed by atoms with Crippen LogP contribution in [0.15, 0.2) is 0 Å². The Bertz CT molecular complexity index is 92.4. The van der Waals surface area contributed by atoms with E-state index >= 15 is 0 Å². The lowest BCUT2D eigenvalue weighted by Crippen LogP contribution is -2.32. The maximum absolute atomic E-state index is 9.09. The molecule has 4 N–H and O–H groups in total. The number of hydrogen-bond donors (Lipinski definition) is 4. The van der Waals surface area contributed by atoms with Crippen molar-refractivity contribution in [2.24, 2.45) is 11.8 Å². The first kappa shape index (κ1) is 10.8. The van der Waals surface area contributed by atoms with Gasteiger partial charge in [-0.25, -0.2) is 0 Å². The second-order valence-corrected chi connectivity index (χ2v) is 2.73. The van der Waals surface area contributed by atoms with Crippen LogP contribution in [0.3, 0.4) is 0 Å². The third-order valence-corrected chi connectivity index (χ3v) is 2.01. The Morgan fingerprint density at radius 3 is 1.73 bits per heavy atom. The summed E-state index contributed by atoms with van der Waals surface area (Å²) in [4.78, 5) is 0. The summed E-state index contributed by atoms with van der Waals surface area (Å²) in [5.41, 5.74) is 0. The second-order valence-electron chi connectivity index (χ2n) is 2.73. The monoisotopic (exact) mass is 164 g/mol. The van der Waals surface area contributed by atoms with Crippen LogP contribution in [0.5, 0.6) is 0 Å². The van der Waals surface area contributed by atoms with Gasteiger partial charge < -0.3 is 20.4 Å². The summed E-state index contributed by atoms with van der Waals surface area (Å²) in [6, 6.07) is 0. The zero-order valence-corrected chi connectivity index (χ0v) is 6.64. The highest BCUT2D eigenvalue weighted by Gasteiger charge is 2.22. The topological polar surface area (TPSA) is 80.9 Å². The Morgan fingerprint density at radius 1 is 1.00 bits per heavy atom. The predicted molar refractivity (Wildman–Crippen MR) is 39.9 cm³/mol. The third-order valence-electron chi connectivity index (χ3n) is 2.01. The van der Waals surface area contributed by atoms with Gasteiger partial charge in [-0.2, -0.15) is 0 Å². The van der Waals surface area contributed by atoms with E-state index in [-0.39, 0.29) is 31.7 Å². The van der Waals surface area contributed by atoms with E-state index in [2.05, 4.69) is 0 Å². The Labute approximate surface area is 66.1 Å². The molecule has 0 aromatic carbocycles. The van der Waals surface area contributed by atoms with Crippen molar-refractivity contribution < 1.29 is 20.4 Å². The minimum Gasteiger partial charge on any atom is -0.396 e. The summed E-state index contributed by atoms with van der Waals surface area (Å²) in [5, 5.41) is 35.0. The average Bonchev–Trinajstić information content (AvgIpc) is 2.05. The largest absolute Gasteiger partial charge is 0.396 e. The van der Waals surface area contributed by atoms with Gasteiger partial charge in [-0.15, -0.1) is 0 Å². The van der Waals surface area contributed by atoms with Crippen LogP contribution >= 0.6 is 0 Å². The van der Waals surface area contributed by atoms with Crippen molar-refractivity contribution >= 4 is 0 Å². The van der Waals surface area contributed by atoms with Crippen LogP contribution in [0.2, 0.25) is 0 Å². The highest BCUT2D eigenvalue weighted by molar-refractivity contribution is 4.71. The molecule has 0 amide bonds. The smallest absolute Gasteiger partial charge is 0.0800 e. The van der Waals surface area contributed by atoms with Gasteiger partial charge in [0.15, 0.2) is 0 Å². The maximum atomic E-state index is 9.09. The van der Waals surface area contributed by atoms with Crippen LogP contribution in [0.1, 0.15) is 6.92 Å². The van der Waals surface area contributed by atoms with Crippen molar-refractivity contribution in [1.29, 1.82) is 0 Å². The molecule has 11 heavy (non-hydrogen) atoms. The molecule has 0 fully saturated rings. The molecule has 4 heteroatoms. The standard InChI is InChI=1S/C7H16O4/c1-5(7(11)4-10)6(2-8)3-9/h5-11H,2-4H2,1H3. The normalized spacial score (nSPS) is 16.9. The molecule has 0 aliphatic heterocycles. The molecule has 0 aromatic rings. The van der Waals surface area contributed by atoms with Crippen molar-refractivity contribution in [1.82, 2.24) is 0 Å². The molecule has 0 bridgehead atoms. The van der Waals surface area contributed by atoms with Gasteiger partial charge in [0.25, 0.3) is 0 Å². The fourth-order valence-corrected chi connectivity index (χ4v) is 0.871. The van der Waals surface area contributed by atoms with Crippen LogP contribution in [0.4, 0.5) is 0 Å². The number of aliphatic hydroxyl groups is 4. The molecule has 4 nitrogen and oxygen atoms in total. The van der Waals surface area contributed by atoms with E-state index in [0.29, 0.717) is 0 Å². The molecule has 0 aromatic heterocycles. The first-order valence-corrected chi connectivity index (χ1v) is 3.68. The van der Waals surface area contributed by atoms with E-state index < -0.39 is 6.10 Å². The van der Waals surface area contributed by atoms with Crippen molar-refractivity contribution in [2.45, 2.75) is 13.0 Å². The van der Waals surface area contributed by atoms with Crippen molar-refractivity contribution in [3.63, 3.8) is 0 Å². The third kappa shape index (κ3) is 3.16. The molecular weight excluding hydrogens is 148 g/mol. The lowest BCUT2D eigenvalue weighted by Gasteiger charge is -2.23. The molecule has 0 heterocycles. The molecule has 68 valence electrons.